The molecule has 0 unspecified atom stereocenters. The average molecular weight is 595 g/mol. The van der Waals surface area contributed by atoms with Crippen molar-refractivity contribution in [3.8, 4) is 16.3 Å². The molecule has 42 heavy (non-hydrogen) atoms. The Morgan fingerprint density at radius 3 is 2.52 bits per heavy atom. The number of hydrogen-bond donors (Lipinski definition) is 2. The number of carbonyl (C=O) groups is 3. The van der Waals surface area contributed by atoms with E-state index < -0.39 is 18.1 Å². The molecule has 1 aromatic carbocycles. The van der Waals surface area contributed by atoms with E-state index in [1.807, 2.05) is 57.5 Å². The topological polar surface area (TPSA) is 135 Å². The van der Waals surface area contributed by atoms with Gasteiger partial charge in [-0.05, 0) is 48.9 Å². The second-order valence-corrected chi connectivity index (χ2v) is 12.5. The molecule has 2 N–H and O–H groups in total. The van der Waals surface area contributed by atoms with E-state index in [2.05, 4.69) is 15.5 Å². The Kier molecular flexibility index (Phi) is 9.08. The Hall–Kier alpha value is -3.57. The first-order valence-corrected chi connectivity index (χ1v) is 15.4. The van der Waals surface area contributed by atoms with Crippen LogP contribution in [0.3, 0.4) is 0 Å². The summed E-state index contributed by atoms with van der Waals surface area (Å²) in [6.07, 6.45) is 1.46. The lowest BCUT2D eigenvalue weighted by Crippen LogP contribution is -2.48. The van der Waals surface area contributed by atoms with E-state index in [0.29, 0.717) is 31.4 Å². The molecule has 0 spiro atoms. The zero-order valence-electron chi connectivity index (χ0n) is 24.4. The van der Waals surface area contributed by atoms with Gasteiger partial charge in [-0.25, -0.2) is 4.98 Å². The van der Waals surface area contributed by atoms with Crippen molar-refractivity contribution in [2.75, 3.05) is 6.54 Å². The van der Waals surface area contributed by atoms with Gasteiger partial charge in [0.25, 0.3) is 5.88 Å². The molecule has 1 aliphatic carbocycles. The quantitative estimate of drug-likeness (QED) is 0.368. The molecule has 0 bridgehead atoms. The van der Waals surface area contributed by atoms with Gasteiger partial charge in [-0.2, -0.15) is 0 Å². The van der Waals surface area contributed by atoms with E-state index in [1.165, 1.54) is 4.90 Å². The largest absolute Gasteiger partial charge is 0.472 e. The number of rotatable bonds is 9. The van der Waals surface area contributed by atoms with Crippen LogP contribution in [0.2, 0.25) is 0 Å². The Balaban J connectivity index is 1.25. The van der Waals surface area contributed by atoms with Crippen molar-refractivity contribution in [1.29, 1.82) is 0 Å². The summed E-state index contributed by atoms with van der Waals surface area (Å²) in [6, 6.07) is 8.52. The van der Waals surface area contributed by atoms with Crippen LogP contribution in [0.5, 0.6) is 5.88 Å². The first-order chi connectivity index (χ1) is 20.1. The predicted octanol–water partition coefficient (Wildman–Crippen LogP) is 4.58. The number of aryl methyl sites for hydroxylation is 1. The summed E-state index contributed by atoms with van der Waals surface area (Å²) in [4.78, 5) is 45.8. The summed E-state index contributed by atoms with van der Waals surface area (Å²) in [6.45, 7) is 7.74. The SMILES string of the molecule is Cc1ncsc1-c1ccc([C@H](C)NC(=O)[C@@H]2C[C@@H](O)CN2C(=O)[C@@H](c2cc(OC3CCC(=O)CC3)no2)C(C)C)cc1. The van der Waals surface area contributed by atoms with Crippen LogP contribution in [0, 0.1) is 12.8 Å². The number of Topliss-reactive ketones (excluding diaryl/α,β-unsaturated/α-hetero) is 1. The minimum atomic E-state index is -0.811. The maximum absolute atomic E-state index is 13.9. The van der Waals surface area contributed by atoms with Gasteiger partial charge < -0.3 is 24.6 Å². The molecule has 2 aromatic heterocycles. The summed E-state index contributed by atoms with van der Waals surface area (Å²) in [5.74, 6) is -0.613. The van der Waals surface area contributed by atoms with Crippen molar-refractivity contribution in [3.63, 3.8) is 0 Å². The van der Waals surface area contributed by atoms with Gasteiger partial charge in [0.2, 0.25) is 11.8 Å². The molecule has 1 aliphatic heterocycles. The molecule has 2 amide bonds. The number of aliphatic hydroxyl groups excluding tert-OH is 1. The third-order valence-electron chi connectivity index (χ3n) is 8.17. The first-order valence-electron chi connectivity index (χ1n) is 14.5. The third kappa shape index (κ3) is 6.57. The Morgan fingerprint density at radius 2 is 1.88 bits per heavy atom. The van der Waals surface area contributed by atoms with Crippen LogP contribution < -0.4 is 10.1 Å². The monoisotopic (exact) mass is 594 g/mol. The fourth-order valence-electron chi connectivity index (χ4n) is 5.79. The molecule has 5 rings (SSSR count). The number of likely N-dealkylation sites (tertiary alicyclic amines) is 1. The molecule has 0 radical (unpaired) electrons. The molecule has 10 nitrogen and oxygen atoms in total. The van der Waals surface area contributed by atoms with Crippen molar-refractivity contribution in [3.05, 3.63) is 52.9 Å². The van der Waals surface area contributed by atoms with E-state index in [9.17, 15) is 19.5 Å². The molecule has 224 valence electrons. The average Bonchev–Trinajstić information content (AvgIpc) is 3.70. The number of benzene rings is 1. The van der Waals surface area contributed by atoms with Crippen molar-refractivity contribution in [2.45, 2.75) is 90.0 Å². The molecule has 1 saturated carbocycles. The van der Waals surface area contributed by atoms with E-state index in [-0.39, 0.29) is 54.5 Å². The van der Waals surface area contributed by atoms with E-state index >= 15 is 0 Å². The second kappa shape index (κ2) is 12.7. The fourth-order valence-corrected chi connectivity index (χ4v) is 6.60. The highest BCUT2D eigenvalue weighted by molar-refractivity contribution is 7.13. The Bertz CT molecular complexity index is 1410. The molecule has 2 fully saturated rings. The summed E-state index contributed by atoms with van der Waals surface area (Å²) >= 11 is 1.59. The molecule has 4 atom stereocenters. The zero-order valence-corrected chi connectivity index (χ0v) is 25.2. The predicted molar refractivity (Wildman–Crippen MR) is 157 cm³/mol. The van der Waals surface area contributed by atoms with Crippen LogP contribution in [0.25, 0.3) is 10.4 Å². The van der Waals surface area contributed by atoms with Gasteiger partial charge >= 0.3 is 0 Å². The number of nitrogens with zero attached hydrogens (tertiary/aromatic N) is 3. The number of ether oxygens (including phenoxy) is 1. The minimum absolute atomic E-state index is 0.0605. The Morgan fingerprint density at radius 1 is 1.17 bits per heavy atom. The highest BCUT2D eigenvalue weighted by Gasteiger charge is 2.43. The highest BCUT2D eigenvalue weighted by atomic mass is 32.1. The highest BCUT2D eigenvalue weighted by Crippen LogP contribution is 2.34. The lowest BCUT2D eigenvalue weighted by Gasteiger charge is -2.29. The fraction of sp³-hybridized carbons (Fsp3) is 0.516. The van der Waals surface area contributed by atoms with Crippen molar-refractivity contribution >= 4 is 28.9 Å². The molecular weight excluding hydrogens is 556 g/mol. The standard InChI is InChI=1S/C31H38N4O6S/c1-17(2)28(26-14-27(34-41-26)40-24-11-9-22(36)10-12-24)31(39)35-15-23(37)13-25(35)30(38)33-18(3)20-5-7-21(8-6-20)29-19(4)32-16-42-29/h5-8,14,16-18,23-25,28,37H,9-13,15H2,1-4H3,(H,33,38)/t18-,23+,25-,28+/m0/s1. The Labute approximate surface area is 249 Å². The van der Waals surface area contributed by atoms with Gasteiger partial charge in [0, 0.05) is 31.9 Å². The van der Waals surface area contributed by atoms with Gasteiger partial charge in [0.1, 0.15) is 23.8 Å². The summed E-state index contributed by atoms with van der Waals surface area (Å²) in [5.41, 5.74) is 4.81. The number of aliphatic hydroxyl groups is 1. The molecule has 2 aliphatic rings. The zero-order chi connectivity index (χ0) is 30.0. The lowest BCUT2D eigenvalue weighted by atomic mass is 9.91. The maximum atomic E-state index is 13.9. The van der Waals surface area contributed by atoms with Crippen molar-refractivity contribution in [2.24, 2.45) is 5.92 Å². The van der Waals surface area contributed by atoms with Crippen LogP contribution >= 0.6 is 11.3 Å². The number of nitrogens with one attached hydrogen (secondary N) is 1. The number of hydrogen-bond acceptors (Lipinski definition) is 9. The van der Waals surface area contributed by atoms with Gasteiger partial charge in [-0.1, -0.05) is 38.1 Å². The number of carbonyl (C=O) groups excluding carboxylic acids is 3. The van der Waals surface area contributed by atoms with E-state index in [1.54, 1.807) is 17.4 Å². The van der Waals surface area contributed by atoms with Gasteiger partial charge in [-0.3, -0.25) is 14.4 Å². The van der Waals surface area contributed by atoms with Crippen molar-refractivity contribution < 1.29 is 28.8 Å². The minimum Gasteiger partial charge on any atom is -0.472 e. The smallest absolute Gasteiger partial charge is 0.254 e. The number of β-amino-alcohol motifs (C(OH)–C–C–N with tert-alkyl or cyclic N) is 1. The van der Waals surface area contributed by atoms with Crippen LogP contribution in [-0.2, 0) is 14.4 Å². The normalized spacial score (nSPS) is 21.0. The van der Waals surface area contributed by atoms with Crippen LogP contribution in [0.1, 0.15) is 81.9 Å². The van der Waals surface area contributed by atoms with Crippen LogP contribution in [0.15, 0.2) is 40.4 Å². The number of thiazole rings is 1. The van der Waals surface area contributed by atoms with Crippen LogP contribution in [0.4, 0.5) is 0 Å². The number of aromatic nitrogens is 2. The molecule has 3 heterocycles. The molecule has 11 heteroatoms. The lowest BCUT2D eigenvalue weighted by molar-refractivity contribution is -0.141. The maximum Gasteiger partial charge on any atom is 0.254 e. The second-order valence-electron chi connectivity index (χ2n) is 11.7. The summed E-state index contributed by atoms with van der Waals surface area (Å²) in [7, 11) is 0. The van der Waals surface area contributed by atoms with Gasteiger partial charge in [-0.15, -0.1) is 11.3 Å². The van der Waals surface area contributed by atoms with Crippen molar-refractivity contribution in [1.82, 2.24) is 20.4 Å². The van der Waals surface area contributed by atoms with Gasteiger partial charge in [0.05, 0.1) is 28.2 Å². The van der Waals surface area contributed by atoms with Crippen LogP contribution in [-0.4, -0.2) is 62.5 Å². The third-order valence-corrected chi connectivity index (χ3v) is 9.14. The molecular formula is C31H38N4O6S. The summed E-state index contributed by atoms with van der Waals surface area (Å²) in [5, 5.41) is 17.6. The van der Waals surface area contributed by atoms with Gasteiger partial charge in [0.15, 0.2) is 5.76 Å². The molecule has 1 saturated heterocycles. The van der Waals surface area contributed by atoms with E-state index in [4.69, 9.17) is 9.26 Å². The molecule has 3 aromatic rings. The van der Waals surface area contributed by atoms with E-state index in [0.717, 1.165) is 21.7 Å². The number of ketones is 1. The summed E-state index contributed by atoms with van der Waals surface area (Å²) < 4.78 is 11.5. The number of amides is 2. The first kappa shape index (κ1) is 29.9.